The maximum Gasteiger partial charge on any atom is 0.276 e. The number of aromatic nitrogens is 3. The quantitative estimate of drug-likeness (QED) is 0.824. The third kappa shape index (κ3) is 3.18. The Morgan fingerprint density at radius 3 is 2.92 bits per heavy atom. The van der Waals surface area contributed by atoms with E-state index < -0.39 is 0 Å². The van der Waals surface area contributed by atoms with Crippen LogP contribution in [0.1, 0.15) is 31.0 Å². The van der Waals surface area contributed by atoms with Crippen LogP contribution in [-0.2, 0) is 9.59 Å². The molecule has 0 unspecified atom stereocenters. The van der Waals surface area contributed by atoms with Gasteiger partial charge in [0.15, 0.2) is 5.82 Å². The summed E-state index contributed by atoms with van der Waals surface area (Å²) in [5.41, 5.74) is 0.641. The van der Waals surface area contributed by atoms with Crippen LogP contribution in [0.5, 0.6) is 0 Å². The van der Waals surface area contributed by atoms with Crippen molar-refractivity contribution in [2.24, 2.45) is 5.92 Å². The molecule has 8 heteroatoms. The third-order valence-corrected chi connectivity index (χ3v) is 5.11. The highest BCUT2D eigenvalue weighted by Crippen LogP contribution is 2.28. The molecule has 0 radical (unpaired) electrons. The molecule has 2 aromatic rings. The zero-order chi connectivity index (χ0) is 18.1. The standard InChI is InChI=1S/C18H21N5O3/c1-22-10-13(9-15(22)24)18(25)23-8-4-5-12(11-23)16-20-17(26-21-16)14-6-2-3-7-19-14/h2-3,6-7,12-13H,4-5,8-11H2,1H3/t12-,13-/m0/s1. The van der Waals surface area contributed by atoms with E-state index in [0.717, 1.165) is 12.8 Å². The van der Waals surface area contributed by atoms with Crippen LogP contribution in [0.4, 0.5) is 0 Å². The lowest BCUT2D eigenvalue weighted by Crippen LogP contribution is -2.43. The van der Waals surface area contributed by atoms with Crippen molar-refractivity contribution in [2.45, 2.75) is 25.2 Å². The fourth-order valence-corrected chi connectivity index (χ4v) is 3.67. The number of amides is 2. The van der Waals surface area contributed by atoms with Gasteiger partial charge in [0.1, 0.15) is 5.69 Å². The summed E-state index contributed by atoms with van der Waals surface area (Å²) in [4.78, 5) is 36.7. The number of pyridine rings is 1. The Hall–Kier alpha value is -2.77. The van der Waals surface area contributed by atoms with Gasteiger partial charge in [-0.05, 0) is 25.0 Å². The molecule has 2 aromatic heterocycles. The second kappa shape index (κ2) is 6.86. The SMILES string of the molecule is CN1C[C@@H](C(=O)N2CCC[C@H](c3noc(-c4ccccn4)n3)C2)CC1=O. The van der Waals surface area contributed by atoms with Crippen LogP contribution in [0.15, 0.2) is 28.9 Å². The lowest BCUT2D eigenvalue weighted by molar-refractivity contribution is -0.137. The number of hydrogen-bond acceptors (Lipinski definition) is 6. The molecule has 2 saturated heterocycles. The van der Waals surface area contributed by atoms with Crippen molar-refractivity contribution in [3.05, 3.63) is 30.2 Å². The van der Waals surface area contributed by atoms with Crippen LogP contribution in [0, 0.1) is 5.92 Å². The lowest BCUT2D eigenvalue weighted by atomic mass is 9.95. The summed E-state index contributed by atoms with van der Waals surface area (Å²) in [5.74, 6) is 0.912. The first-order valence-electron chi connectivity index (χ1n) is 8.89. The van der Waals surface area contributed by atoms with Gasteiger partial charge >= 0.3 is 0 Å². The zero-order valence-corrected chi connectivity index (χ0v) is 14.7. The summed E-state index contributed by atoms with van der Waals surface area (Å²) in [6, 6.07) is 5.52. The van der Waals surface area contributed by atoms with E-state index in [1.807, 2.05) is 23.1 Å². The normalized spacial score (nSPS) is 23.5. The Kier molecular flexibility index (Phi) is 4.40. The van der Waals surface area contributed by atoms with E-state index in [-0.39, 0.29) is 23.7 Å². The van der Waals surface area contributed by atoms with Gasteiger partial charge in [-0.3, -0.25) is 14.6 Å². The lowest BCUT2D eigenvalue weighted by Gasteiger charge is -2.32. The van der Waals surface area contributed by atoms with Crippen LogP contribution in [0.3, 0.4) is 0 Å². The first-order valence-corrected chi connectivity index (χ1v) is 8.89. The average Bonchev–Trinajstić information content (AvgIpc) is 3.29. The Bertz CT molecular complexity index is 806. The molecule has 2 amide bonds. The molecule has 0 aromatic carbocycles. The molecule has 0 N–H and O–H groups in total. The van der Waals surface area contributed by atoms with Gasteiger partial charge in [0.2, 0.25) is 11.8 Å². The minimum absolute atomic E-state index is 0.0371. The number of nitrogens with zero attached hydrogens (tertiary/aromatic N) is 5. The number of carbonyl (C=O) groups is 2. The highest BCUT2D eigenvalue weighted by atomic mass is 16.5. The summed E-state index contributed by atoms with van der Waals surface area (Å²) in [7, 11) is 1.74. The van der Waals surface area contributed by atoms with E-state index in [9.17, 15) is 9.59 Å². The molecular formula is C18H21N5O3. The second-order valence-corrected chi connectivity index (χ2v) is 6.97. The molecule has 0 bridgehead atoms. The first kappa shape index (κ1) is 16.7. The Morgan fingerprint density at radius 1 is 1.31 bits per heavy atom. The predicted molar refractivity (Wildman–Crippen MR) is 91.8 cm³/mol. The van der Waals surface area contributed by atoms with E-state index in [2.05, 4.69) is 15.1 Å². The monoisotopic (exact) mass is 355 g/mol. The van der Waals surface area contributed by atoms with Crippen molar-refractivity contribution < 1.29 is 14.1 Å². The number of likely N-dealkylation sites (tertiary alicyclic amines) is 2. The van der Waals surface area contributed by atoms with Crippen LogP contribution in [-0.4, -0.2) is 63.4 Å². The van der Waals surface area contributed by atoms with E-state index in [0.29, 0.717) is 43.5 Å². The molecule has 0 saturated carbocycles. The minimum Gasteiger partial charge on any atom is -0.345 e. The highest BCUT2D eigenvalue weighted by Gasteiger charge is 2.37. The molecule has 8 nitrogen and oxygen atoms in total. The largest absolute Gasteiger partial charge is 0.345 e. The number of rotatable bonds is 3. The summed E-state index contributed by atoms with van der Waals surface area (Å²) < 4.78 is 5.35. The molecule has 4 heterocycles. The van der Waals surface area contributed by atoms with Gasteiger partial charge in [-0.15, -0.1) is 0 Å². The van der Waals surface area contributed by atoms with Crippen molar-refractivity contribution in [3.63, 3.8) is 0 Å². The predicted octanol–water partition coefficient (Wildman–Crippen LogP) is 1.32. The number of hydrogen-bond donors (Lipinski definition) is 0. The summed E-state index contributed by atoms with van der Waals surface area (Å²) in [5, 5.41) is 4.11. The van der Waals surface area contributed by atoms with Gasteiger partial charge < -0.3 is 14.3 Å². The average molecular weight is 355 g/mol. The van der Waals surface area contributed by atoms with Gasteiger partial charge in [0.05, 0.1) is 5.92 Å². The topological polar surface area (TPSA) is 92.4 Å². The third-order valence-electron chi connectivity index (χ3n) is 5.11. The van der Waals surface area contributed by atoms with E-state index >= 15 is 0 Å². The summed E-state index contributed by atoms with van der Waals surface area (Å²) in [6.45, 7) is 1.79. The van der Waals surface area contributed by atoms with E-state index in [1.165, 1.54) is 0 Å². The Labute approximate surface area is 151 Å². The van der Waals surface area contributed by atoms with Crippen molar-refractivity contribution in [1.82, 2.24) is 24.9 Å². The van der Waals surface area contributed by atoms with Crippen LogP contribution >= 0.6 is 0 Å². The Morgan fingerprint density at radius 2 is 2.19 bits per heavy atom. The first-order chi connectivity index (χ1) is 12.6. The van der Waals surface area contributed by atoms with E-state index in [1.54, 1.807) is 18.1 Å². The maximum absolute atomic E-state index is 12.8. The minimum atomic E-state index is -0.236. The second-order valence-electron chi connectivity index (χ2n) is 6.97. The van der Waals surface area contributed by atoms with Gasteiger partial charge in [-0.25, -0.2) is 0 Å². The van der Waals surface area contributed by atoms with E-state index in [4.69, 9.17) is 4.52 Å². The molecule has 136 valence electrons. The smallest absolute Gasteiger partial charge is 0.276 e. The molecule has 0 spiro atoms. The van der Waals surface area contributed by atoms with Crippen LogP contribution < -0.4 is 0 Å². The van der Waals surface area contributed by atoms with Crippen molar-refractivity contribution in [2.75, 3.05) is 26.7 Å². The summed E-state index contributed by atoms with van der Waals surface area (Å²) in [6.07, 6.45) is 3.79. The fourth-order valence-electron chi connectivity index (χ4n) is 3.67. The van der Waals surface area contributed by atoms with Crippen molar-refractivity contribution in [1.29, 1.82) is 0 Å². The van der Waals surface area contributed by atoms with Gasteiger partial charge in [0, 0.05) is 45.2 Å². The van der Waals surface area contributed by atoms with Crippen molar-refractivity contribution >= 4 is 11.8 Å². The van der Waals surface area contributed by atoms with Crippen molar-refractivity contribution in [3.8, 4) is 11.6 Å². The molecule has 2 aliphatic rings. The molecule has 2 aliphatic heterocycles. The summed E-state index contributed by atoms with van der Waals surface area (Å²) >= 11 is 0. The molecule has 2 atom stereocenters. The maximum atomic E-state index is 12.8. The molecule has 0 aliphatic carbocycles. The van der Waals surface area contributed by atoms with Gasteiger partial charge in [-0.1, -0.05) is 11.2 Å². The molecule has 4 rings (SSSR count). The highest BCUT2D eigenvalue weighted by molar-refractivity contribution is 5.89. The molecular weight excluding hydrogens is 334 g/mol. The number of carbonyl (C=O) groups excluding carboxylic acids is 2. The number of piperidine rings is 1. The van der Waals surface area contributed by atoms with Gasteiger partial charge in [-0.2, -0.15) is 4.98 Å². The Balaban J connectivity index is 1.45. The van der Waals surface area contributed by atoms with Gasteiger partial charge in [0.25, 0.3) is 5.89 Å². The fraction of sp³-hybridized carbons (Fsp3) is 0.500. The zero-order valence-electron chi connectivity index (χ0n) is 14.7. The van der Waals surface area contributed by atoms with Crippen LogP contribution in [0.25, 0.3) is 11.6 Å². The molecule has 26 heavy (non-hydrogen) atoms. The molecule has 2 fully saturated rings. The van der Waals surface area contributed by atoms with Crippen LogP contribution in [0.2, 0.25) is 0 Å².